The maximum atomic E-state index is 12.6. The van der Waals surface area contributed by atoms with E-state index in [1.807, 2.05) is 80.1 Å². The predicted octanol–water partition coefficient (Wildman–Crippen LogP) is 5.60. The Balaban J connectivity index is 1.30. The van der Waals surface area contributed by atoms with E-state index < -0.39 is 0 Å². The molecular weight excluding hydrogens is 468 g/mol. The number of thioether (sulfide) groups is 1. The Labute approximate surface area is 206 Å². The highest BCUT2D eigenvalue weighted by Gasteiger charge is 2.15. The molecule has 0 aliphatic rings. The first-order chi connectivity index (χ1) is 16.5. The lowest BCUT2D eigenvalue weighted by Gasteiger charge is -2.09. The van der Waals surface area contributed by atoms with Crippen molar-refractivity contribution in [3.8, 4) is 11.4 Å². The van der Waals surface area contributed by atoms with Crippen LogP contribution < -0.4 is 15.4 Å². The number of nitrogens with one attached hydrogen (secondary N) is 2. The Morgan fingerprint density at radius 2 is 1.85 bits per heavy atom. The van der Waals surface area contributed by atoms with Gasteiger partial charge in [0.15, 0.2) is 4.34 Å². The van der Waals surface area contributed by atoms with Crippen LogP contribution in [0.25, 0.3) is 5.69 Å². The van der Waals surface area contributed by atoms with E-state index in [0.717, 1.165) is 38.5 Å². The van der Waals surface area contributed by atoms with Crippen molar-refractivity contribution in [3.05, 3.63) is 66.0 Å². The number of ether oxygens (including phenoxy) is 1. The van der Waals surface area contributed by atoms with Crippen LogP contribution in [0.15, 0.2) is 58.9 Å². The number of hydrogen-bond donors (Lipinski definition) is 2. The summed E-state index contributed by atoms with van der Waals surface area (Å²) in [5.74, 6) is 1.31. The Bertz CT molecular complexity index is 1260. The van der Waals surface area contributed by atoms with Gasteiger partial charge in [-0.1, -0.05) is 53.4 Å². The SMILES string of the molecule is CCOc1ccccc1Nc1nnc(SCCC(=O)Nc2c(C)nn(-c3ccccc3)c2C)s1. The van der Waals surface area contributed by atoms with Crippen LogP contribution in [0, 0.1) is 13.8 Å². The Morgan fingerprint density at radius 3 is 2.65 bits per heavy atom. The molecule has 34 heavy (non-hydrogen) atoms. The Kier molecular flexibility index (Phi) is 7.81. The Morgan fingerprint density at radius 1 is 1.09 bits per heavy atom. The summed E-state index contributed by atoms with van der Waals surface area (Å²) in [4.78, 5) is 12.6. The summed E-state index contributed by atoms with van der Waals surface area (Å²) in [5, 5.41) is 20.0. The van der Waals surface area contributed by atoms with Crippen molar-refractivity contribution in [1.29, 1.82) is 0 Å². The second-order valence-electron chi connectivity index (χ2n) is 7.37. The summed E-state index contributed by atoms with van der Waals surface area (Å²) in [6, 6.07) is 17.6. The first-order valence-electron chi connectivity index (χ1n) is 10.9. The number of hydrogen-bond acceptors (Lipinski definition) is 8. The van der Waals surface area contributed by atoms with Gasteiger partial charge < -0.3 is 15.4 Å². The third-order valence-corrected chi connectivity index (χ3v) is 6.92. The molecule has 0 bridgehead atoms. The van der Waals surface area contributed by atoms with Crippen LogP contribution in [0.1, 0.15) is 24.7 Å². The first-order valence-corrected chi connectivity index (χ1v) is 12.7. The molecule has 0 spiro atoms. The van der Waals surface area contributed by atoms with E-state index >= 15 is 0 Å². The fourth-order valence-electron chi connectivity index (χ4n) is 3.36. The highest BCUT2D eigenvalue weighted by atomic mass is 32.2. The van der Waals surface area contributed by atoms with Gasteiger partial charge in [-0.25, -0.2) is 4.68 Å². The van der Waals surface area contributed by atoms with Crippen LogP contribution in [-0.2, 0) is 4.79 Å². The largest absolute Gasteiger partial charge is 0.492 e. The molecule has 4 rings (SSSR count). The van der Waals surface area contributed by atoms with Crippen LogP contribution in [0.5, 0.6) is 5.75 Å². The lowest BCUT2D eigenvalue weighted by Crippen LogP contribution is -2.13. The highest BCUT2D eigenvalue weighted by molar-refractivity contribution is 8.01. The first kappa shape index (κ1) is 23.8. The topological polar surface area (TPSA) is 94.0 Å². The number of anilines is 3. The fourth-order valence-corrected chi connectivity index (χ4v) is 5.14. The summed E-state index contributed by atoms with van der Waals surface area (Å²) >= 11 is 2.95. The number of carbonyl (C=O) groups excluding carboxylic acids is 1. The molecule has 0 radical (unpaired) electrons. The molecule has 0 fully saturated rings. The maximum absolute atomic E-state index is 12.6. The van der Waals surface area contributed by atoms with Gasteiger partial charge in [-0.05, 0) is 45.0 Å². The number of nitrogens with zero attached hydrogens (tertiary/aromatic N) is 4. The van der Waals surface area contributed by atoms with E-state index in [-0.39, 0.29) is 5.91 Å². The Hall–Kier alpha value is -3.37. The van der Waals surface area contributed by atoms with Crippen molar-refractivity contribution < 1.29 is 9.53 Å². The quantitative estimate of drug-likeness (QED) is 0.277. The van der Waals surface area contributed by atoms with Crippen LogP contribution in [-0.4, -0.2) is 38.2 Å². The summed E-state index contributed by atoms with van der Waals surface area (Å²) in [5.41, 5.74) is 4.25. The number of benzene rings is 2. The highest BCUT2D eigenvalue weighted by Crippen LogP contribution is 2.32. The number of amides is 1. The molecule has 2 N–H and O–H groups in total. The van der Waals surface area contributed by atoms with Gasteiger partial charge in [0.1, 0.15) is 5.75 Å². The maximum Gasteiger partial charge on any atom is 0.225 e. The molecule has 0 aliphatic heterocycles. The normalized spacial score (nSPS) is 10.8. The molecule has 0 unspecified atom stereocenters. The molecule has 176 valence electrons. The van der Waals surface area contributed by atoms with Gasteiger partial charge in [0.2, 0.25) is 11.0 Å². The van der Waals surface area contributed by atoms with Crippen molar-refractivity contribution in [2.24, 2.45) is 0 Å². The third-order valence-electron chi connectivity index (χ3n) is 4.95. The second kappa shape index (κ2) is 11.2. The summed E-state index contributed by atoms with van der Waals surface area (Å²) in [6.07, 6.45) is 0.357. The van der Waals surface area contributed by atoms with Crippen molar-refractivity contribution in [2.75, 3.05) is 23.0 Å². The van der Waals surface area contributed by atoms with Crippen molar-refractivity contribution in [1.82, 2.24) is 20.0 Å². The third kappa shape index (κ3) is 5.75. The fraction of sp³-hybridized carbons (Fsp3) is 0.250. The van der Waals surface area contributed by atoms with Gasteiger partial charge >= 0.3 is 0 Å². The zero-order valence-corrected chi connectivity index (χ0v) is 20.9. The number of aryl methyl sites for hydroxylation is 1. The minimum Gasteiger partial charge on any atom is -0.492 e. The average Bonchev–Trinajstić information content (AvgIpc) is 3.40. The van der Waals surface area contributed by atoms with Gasteiger partial charge in [0, 0.05) is 12.2 Å². The molecule has 0 atom stereocenters. The molecule has 2 aromatic carbocycles. The standard InChI is InChI=1S/C24H26N6O2S2/c1-4-32-20-13-9-8-12-19(20)25-23-27-28-24(34-23)33-15-14-21(31)26-22-16(2)29-30(17(22)3)18-10-6-5-7-11-18/h5-13H,4,14-15H2,1-3H3,(H,25,27)(H,26,31). The van der Waals surface area contributed by atoms with E-state index in [1.54, 1.807) is 0 Å². The van der Waals surface area contributed by atoms with Crippen LogP contribution >= 0.6 is 23.1 Å². The van der Waals surface area contributed by atoms with Crippen molar-refractivity contribution in [2.45, 2.75) is 31.5 Å². The summed E-state index contributed by atoms with van der Waals surface area (Å²) in [7, 11) is 0. The van der Waals surface area contributed by atoms with Crippen LogP contribution in [0.3, 0.4) is 0 Å². The minimum absolute atomic E-state index is 0.0557. The molecule has 4 aromatic rings. The van der Waals surface area contributed by atoms with Gasteiger partial charge in [-0.3, -0.25) is 4.79 Å². The molecular formula is C24H26N6O2S2. The van der Waals surface area contributed by atoms with Crippen molar-refractivity contribution in [3.63, 3.8) is 0 Å². The number of para-hydroxylation sites is 3. The number of aromatic nitrogens is 4. The monoisotopic (exact) mass is 494 g/mol. The lowest BCUT2D eigenvalue weighted by atomic mass is 10.3. The van der Waals surface area contributed by atoms with E-state index in [1.165, 1.54) is 23.1 Å². The van der Waals surface area contributed by atoms with Gasteiger partial charge in [-0.15, -0.1) is 10.2 Å². The summed E-state index contributed by atoms with van der Waals surface area (Å²) < 4.78 is 8.28. The van der Waals surface area contributed by atoms with E-state index in [0.29, 0.717) is 23.9 Å². The van der Waals surface area contributed by atoms with E-state index in [9.17, 15) is 4.79 Å². The molecule has 0 aliphatic carbocycles. The predicted molar refractivity (Wildman–Crippen MR) is 138 cm³/mol. The second-order valence-corrected chi connectivity index (χ2v) is 9.69. The van der Waals surface area contributed by atoms with Crippen molar-refractivity contribution >= 4 is 45.5 Å². The smallest absolute Gasteiger partial charge is 0.225 e. The van der Waals surface area contributed by atoms with Crippen LogP contribution in [0.4, 0.5) is 16.5 Å². The molecule has 2 aromatic heterocycles. The molecule has 8 nitrogen and oxygen atoms in total. The van der Waals surface area contributed by atoms with Gasteiger partial charge in [-0.2, -0.15) is 5.10 Å². The minimum atomic E-state index is -0.0557. The molecule has 1 amide bonds. The molecule has 0 saturated heterocycles. The van der Waals surface area contributed by atoms with Gasteiger partial charge in [0.05, 0.1) is 35.1 Å². The summed E-state index contributed by atoms with van der Waals surface area (Å²) in [6.45, 7) is 6.39. The number of carbonyl (C=O) groups is 1. The zero-order valence-electron chi connectivity index (χ0n) is 19.2. The van der Waals surface area contributed by atoms with E-state index in [2.05, 4.69) is 25.9 Å². The number of rotatable bonds is 10. The molecule has 0 saturated carbocycles. The van der Waals surface area contributed by atoms with Gasteiger partial charge in [0.25, 0.3) is 0 Å². The van der Waals surface area contributed by atoms with Crippen LogP contribution in [0.2, 0.25) is 0 Å². The zero-order chi connectivity index (χ0) is 23.9. The molecule has 2 heterocycles. The van der Waals surface area contributed by atoms with E-state index in [4.69, 9.17) is 4.74 Å². The molecule has 10 heteroatoms. The average molecular weight is 495 g/mol. The lowest BCUT2D eigenvalue weighted by molar-refractivity contribution is -0.115.